The van der Waals surface area contributed by atoms with E-state index < -0.39 is 0 Å². The number of hydrogen-bond donors (Lipinski definition) is 1. The number of benzene rings is 2. The molecule has 0 bridgehead atoms. The first-order valence-electron chi connectivity index (χ1n) is 9.19. The maximum Gasteiger partial charge on any atom is 0.261 e. The van der Waals surface area contributed by atoms with E-state index in [2.05, 4.69) is 46.5 Å². The average Bonchev–Trinajstić information content (AvgIpc) is 3.18. The van der Waals surface area contributed by atoms with Crippen LogP contribution >= 0.6 is 11.3 Å². The van der Waals surface area contributed by atoms with Crippen molar-refractivity contribution in [3.8, 4) is 10.6 Å². The minimum atomic E-state index is -0.359. The smallest absolute Gasteiger partial charge is 0.261 e. The van der Waals surface area contributed by atoms with Crippen LogP contribution in [0.1, 0.15) is 25.3 Å². The minimum absolute atomic E-state index is 0.144. The van der Waals surface area contributed by atoms with Crippen molar-refractivity contribution in [3.63, 3.8) is 0 Å². The Hall–Kier alpha value is -3.39. The van der Waals surface area contributed by atoms with Crippen LogP contribution in [0.5, 0.6) is 0 Å². The zero-order valence-electron chi connectivity index (χ0n) is 16.0. The fraction of sp³-hybridized carbons (Fsp3) is 0.190. The molecule has 0 atom stereocenters. The van der Waals surface area contributed by atoms with Crippen LogP contribution in [0.2, 0.25) is 0 Å². The van der Waals surface area contributed by atoms with Gasteiger partial charge in [-0.25, -0.2) is 4.98 Å². The van der Waals surface area contributed by atoms with Crippen molar-refractivity contribution in [1.29, 1.82) is 0 Å². The zero-order valence-corrected chi connectivity index (χ0v) is 16.8. The first kappa shape index (κ1) is 18.9. The molecule has 2 aromatic heterocycles. The van der Waals surface area contributed by atoms with Crippen LogP contribution < -0.4 is 10.9 Å². The van der Waals surface area contributed by atoms with Gasteiger partial charge in [0.25, 0.3) is 5.56 Å². The van der Waals surface area contributed by atoms with Crippen LogP contribution in [-0.2, 0) is 11.3 Å². The Labute approximate surface area is 171 Å². The maximum absolute atomic E-state index is 12.5. The quantitative estimate of drug-likeness (QED) is 0.547. The predicted octanol–water partition coefficient (Wildman–Crippen LogP) is 3.68. The summed E-state index contributed by atoms with van der Waals surface area (Å²) in [5.41, 5.74) is 2.55. The summed E-state index contributed by atoms with van der Waals surface area (Å²) in [6.07, 6.45) is 1.38. The molecule has 2 aromatic carbocycles. The first-order valence-corrected chi connectivity index (χ1v) is 10.0. The van der Waals surface area contributed by atoms with Crippen molar-refractivity contribution in [2.75, 3.05) is 5.32 Å². The molecule has 8 heteroatoms. The van der Waals surface area contributed by atoms with E-state index >= 15 is 0 Å². The molecule has 29 heavy (non-hydrogen) atoms. The summed E-state index contributed by atoms with van der Waals surface area (Å²) in [6.45, 7) is 4.14. The van der Waals surface area contributed by atoms with Gasteiger partial charge in [0.1, 0.15) is 11.6 Å². The molecule has 0 saturated carbocycles. The van der Waals surface area contributed by atoms with E-state index in [9.17, 15) is 9.59 Å². The molecule has 0 saturated heterocycles. The fourth-order valence-corrected chi connectivity index (χ4v) is 3.70. The highest BCUT2D eigenvalue weighted by atomic mass is 32.1. The van der Waals surface area contributed by atoms with E-state index in [1.807, 2.05) is 18.2 Å². The molecule has 1 amide bonds. The molecule has 2 heterocycles. The Morgan fingerprint density at radius 3 is 2.62 bits per heavy atom. The lowest BCUT2D eigenvalue weighted by Gasteiger charge is -2.06. The van der Waals surface area contributed by atoms with Gasteiger partial charge in [0.15, 0.2) is 0 Å². The third-order valence-electron chi connectivity index (χ3n) is 4.54. The third-order valence-corrected chi connectivity index (χ3v) is 5.43. The molecule has 0 aliphatic rings. The van der Waals surface area contributed by atoms with Gasteiger partial charge in [-0.15, -0.1) is 10.2 Å². The van der Waals surface area contributed by atoms with Gasteiger partial charge in [0, 0.05) is 5.56 Å². The van der Waals surface area contributed by atoms with Gasteiger partial charge in [-0.1, -0.05) is 61.6 Å². The summed E-state index contributed by atoms with van der Waals surface area (Å²) in [5, 5.41) is 12.5. The number of rotatable bonds is 5. The summed E-state index contributed by atoms with van der Waals surface area (Å²) in [4.78, 5) is 29.1. The topological polar surface area (TPSA) is 89.8 Å². The number of amides is 1. The molecule has 0 aliphatic heterocycles. The SMILES string of the molecule is CC(C)c1ccc(-c2nnc(NC(=O)Cn3cnc4ccccc4c3=O)s2)cc1. The lowest BCUT2D eigenvalue weighted by molar-refractivity contribution is -0.116. The molecule has 0 radical (unpaired) electrons. The van der Waals surface area contributed by atoms with E-state index in [-0.39, 0.29) is 18.0 Å². The van der Waals surface area contributed by atoms with E-state index in [4.69, 9.17) is 0 Å². The van der Waals surface area contributed by atoms with E-state index in [0.717, 1.165) is 10.6 Å². The molecule has 1 N–H and O–H groups in total. The molecule has 0 aliphatic carbocycles. The van der Waals surface area contributed by atoms with Gasteiger partial charge in [-0.05, 0) is 23.6 Å². The van der Waals surface area contributed by atoms with Crippen LogP contribution in [0.4, 0.5) is 5.13 Å². The average molecular weight is 405 g/mol. The van der Waals surface area contributed by atoms with Crippen LogP contribution in [0.3, 0.4) is 0 Å². The number of nitrogens with zero attached hydrogens (tertiary/aromatic N) is 4. The zero-order chi connectivity index (χ0) is 20.4. The highest BCUT2D eigenvalue weighted by Crippen LogP contribution is 2.27. The number of anilines is 1. The van der Waals surface area contributed by atoms with Gasteiger partial charge in [-0.2, -0.15) is 0 Å². The largest absolute Gasteiger partial charge is 0.299 e. The number of carbonyl (C=O) groups excluding carboxylic acids is 1. The highest BCUT2D eigenvalue weighted by Gasteiger charge is 2.12. The van der Waals surface area contributed by atoms with Gasteiger partial charge >= 0.3 is 0 Å². The van der Waals surface area contributed by atoms with Crippen LogP contribution in [-0.4, -0.2) is 25.7 Å². The van der Waals surface area contributed by atoms with E-state index in [1.54, 1.807) is 18.2 Å². The van der Waals surface area contributed by atoms with Crippen molar-refractivity contribution < 1.29 is 4.79 Å². The van der Waals surface area contributed by atoms with Gasteiger partial charge in [0.05, 0.1) is 17.2 Å². The molecule has 7 nitrogen and oxygen atoms in total. The van der Waals surface area contributed by atoms with Gasteiger partial charge < -0.3 is 0 Å². The van der Waals surface area contributed by atoms with Crippen molar-refractivity contribution in [2.24, 2.45) is 0 Å². The van der Waals surface area contributed by atoms with Crippen LogP contribution in [0.15, 0.2) is 59.7 Å². The van der Waals surface area contributed by atoms with Crippen LogP contribution in [0.25, 0.3) is 21.5 Å². The lowest BCUT2D eigenvalue weighted by Crippen LogP contribution is -2.27. The second kappa shape index (κ2) is 7.92. The molecule has 146 valence electrons. The monoisotopic (exact) mass is 405 g/mol. The number of aromatic nitrogens is 4. The summed E-state index contributed by atoms with van der Waals surface area (Å²) < 4.78 is 1.28. The van der Waals surface area contributed by atoms with Gasteiger partial charge in [-0.3, -0.25) is 19.5 Å². The second-order valence-electron chi connectivity index (χ2n) is 6.93. The van der Waals surface area contributed by atoms with Crippen LogP contribution in [0, 0.1) is 0 Å². The lowest BCUT2D eigenvalue weighted by atomic mass is 10.0. The number of carbonyl (C=O) groups is 1. The Kier molecular flexibility index (Phi) is 5.18. The normalized spacial score (nSPS) is 11.1. The molecule has 4 rings (SSSR count). The number of nitrogens with one attached hydrogen (secondary N) is 1. The van der Waals surface area contributed by atoms with Gasteiger partial charge in [0.2, 0.25) is 11.0 Å². The number of fused-ring (bicyclic) bond motifs is 1. The molecule has 4 aromatic rings. The Balaban J connectivity index is 1.47. The van der Waals surface area contributed by atoms with Crippen molar-refractivity contribution in [3.05, 3.63) is 70.8 Å². The Morgan fingerprint density at radius 2 is 1.86 bits per heavy atom. The minimum Gasteiger partial charge on any atom is -0.299 e. The molecular weight excluding hydrogens is 386 g/mol. The van der Waals surface area contributed by atoms with Crippen molar-refractivity contribution >= 4 is 33.3 Å². The summed E-state index contributed by atoms with van der Waals surface area (Å²) in [7, 11) is 0. The van der Waals surface area contributed by atoms with Crippen molar-refractivity contribution in [2.45, 2.75) is 26.3 Å². The first-order chi connectivity index (χ1) is 14.0. The third kappa shape index (κ3) is 4.07. The van der Waals surface area contributed by atoms with Crippen molar-refractivity contribution in [1.82, 2.24) is 19.7 Å². The molecule has 0 unspecified atom stereocenters. The molecule has 0 spiro atoms. The summed E-state index contributed by atoms with van der Waals surface area (Å²) in [6, 6.07) is 15.2. The number of para-hydroxylation sites is 1. The standard InChI is InChI=1S/C21H19N5O2S/c1-13(2)14-7-9-15(10-8-14)19-24-25-21(29-19)23-18(27)11-26-12-22-17-6-4-3-5-16(17)20(26)28/h3-10,12-13H,11H2,1-2H3,(H,23,25,27). The number of hydrogen-bond acceptors (Lipinski definition) is 6. The highest BCUT2D eigenvalue weighted by molar-refractivity contribution is 7.18. The van der Waals surface area contributed by atoms with E-state index in [0.29, 0.717) is 22.0 Å². The maximum atomic E-state index is 12.5. The molecule has 0 fully saturated rings. The Morgan fingerprint density at radius 1 is 1.10 bits per heavy atom. The summed E-state index contributed by atoms with van der Waals surface area (Å²) >= 11 is 1.29. The fourth-order valence-electron chi connectivity index (χ4n) is 2.93. The van der Waals surface area contributed by atoms with E-state index in [1.165, 1.54) is 27.8 Å². The summed E-state index contributed by atoms with van der Waals surface area (Å²) in [5.74, 6) is 0.100. The second-order valence-corrected chi connectivity index (χ2v) is 7.91. The predicted molar refractivity (Wildman–Crippen MR) is 114 cm³/mol. The Bertz CT molecular complexity index is 1230. The molecular formula is C21H19N5O2S.